The molecule has 0 amide bonds. The maximum Gasteiger partial charge on any atom is 0.327 e. The zero-order valence-electron chi connectivity index (χ0n) is 11.9. The smallest absolute Gasteiger partial charge is 0.327 e. The monoisotopic (exact) mass is 267 g/mol. The largest absolute Gasteiger partial charge is 0.496 e. The number of carbonyl (C=O) groups excluding carboxylic acids is 1. The zero-order valence-corrected chi connectivity index (χ0v) is 11.9. The predicted molar refractivity (Wildman–Crippen MR) is 72.4 cm³/mol. The minimum Gasteiger partial charge on any atom is -0.496 e. The van der Waals surface area contributed by atoms with Gasteiger partial charge in [-0.25, -0.2) is 4.79 Å². The summed E-state index contributed by atoms with van der Waals surface area (Å²) in [5.74, 6) is 0.477. The van der Waals surface area contributed by atoms with Crippen LogP contribution in [-0.4, -0.2) is 40.5 Å². The Morgan fingerprint density at radius 2 is 2.05 bits per heavy atom. The number of methoxy groups -OCH3 is 3. The molecule has 0 heterocycles. The number of aryl methyl sites for hydroxylation is 1. The Hall–Kier alpha value is -1.59. The first kappa shape index (κ1) is 15.5. The number of hydrogen-bond donors (Lipinski definition) is 1. The Bertz CT molecular complexity index is 420. The molecule has 0 aliphatic rings. The molecule has 0 radical (unpaired) electrons. The molecule has 0 fully saturated rings. The highest BCUT2D eigenvalue weighted by atomic mass is 16.5. The van der Waals surface area contributed by atoms with Gasteiger partial charge < -0.3 is 14.2 Å². The molecule has 0 aliphatic carbocycles. The number of hydrogen-bond acceptors (Lipinski definition) is 5. The molecule has 5 nitrogen and oxygen atoms in total. The van der Waals surface area contributed by atoms with Crippen LogP contribution in [0.1, 0.15) is 17.2 Å². The molecule has 0 aliphatic heterocycles. The SMILES string of the molecule is COCCNC(C(=O)OC)c1ccc(OC)c(C)c1. The molecule has 1 aromatic carbocycles. The van der Waals surface area contributed by atoms with Crippen molar-refractivity contribution in [1.29, 1.82) is 0 Å². The average molecular weight is 267 g/mol. The fraction of sp³-hybridized carbons (Fsp3) is 0.500. The molecule has 0 aromatic heterocycles. The summed E-state index contributed by atoms with van der Waals surface area (Å²) in [5, 5.41) is 3.11. The van der Waals surface area contributed by atoms with E-state index in [0.29, 0.717) is 13.2 Å². The second kappa shape index (κ2) is 7.76. The molecule has 0 saturated heterocycles. The van der Waals surface area contributed by atoms with E-state index >= 15 is 0 Å². The maximum absolute atomic E-state index is 11.8. The highest BCUT2D eigenvalue weighted by Crippen LogP contribution is 2.23. The third kappa shape index (κ3) is 4.22. The first-order valence-corrected chi connectivity index (χ1v) is 6.08. The van der Waals surface area contributed by atoms with E-state index in [1.807, 2.05) is 25.1 Å². The molecule has 1 atom stereocenters. The molecule has 0 bridgehead atoms. The third-order valence-electron chi connectivity index (χ3n) is 2.84. The second-order valence-electron chi connectivity index (χ2n) is 4.13. The van der Waals surface area contributed by atoms with Crippen LogP contribution in [-0.2, 0) is 14.3 Å². The second-order valence-corrected chi connectivity index (χ2v) is 4.13. The summed E-state index contributed by atoms with van der Waals surface area (Å²) in [6, 6.07) is 5.12. The Balaban J connectivity index is 2.90. The third-order valence-corrected chi connectivity index (χ3v) is 2.84. The van der Waals surface area contributed by atoms with E-state index in [0.717, 1.165) is 16.9 Å². The molecule has 0 spiro atoms. The lowest BCUT2D eigenvalue weighted by Gasteiger charge is -2.18. The molecule has 1 aromatic rings. The van der Waals surface area contributed by atoms with E-state index in [9.17, 15) is 4.79 Å². The predicted octanol–water partition coefficient (Wildman–Crippen LogP) is 1.45. The van der Waals surface area contributed by atoms with Gasteiger partial charge in [0.05, 0.1) is 20.8 Å². The van der Waals surface area contributed by atoms with Crippen molar-refractivity contribution < 1.29 is 19.0 Å². The first-order valence-electron chi connectivity index (χ1n) is 6.08. The van der Waals surface area contributed by atoms with Crippen LogP contribution >= 0.6 is 0 Å². The summed E-state index contributed by atoms with van der Waals surface area (Å²) < 4.78 is 15.0. The van der Waals surface area contributed by atoms with Crippen molar-refractivity contribution in [3.63, 3.8) is 0 Å². The lowest BCUT2D eigenvalue weighted by atomic mass is 10.0. The van der Waals surface area contributed by atoms with Gasteiger partial charge in [0.15, 0.2) is 0 Å². The van der Waals surface area contributed by atoms with E-state index in [2.05, 4.69) is 5.32 Å². The van der Waals surface area contributed by atoms with Gasteiger partial charge >= 0.3 is 5.97 Å². The van der Waals surface area contributed by atoms with Crippen LogP contribution in [0.4, 0.5) is 0 Å². The standard InChI is InChI=1S/C14H21NO4/c1-10-9-11(5-6-12(10)18-3)13(14(16)19-4)15-7-8-17-2/h5-6,9,13,15H,7-8H2,1-4H3. The van der Waals surface area contributed by atoms with Crippen LogP contribution in [0, 0.1) is 6.92 Å². The van der Waals surface area contributed by atoms with Crippen LogP contribution in [0.25, 0.3) is 0 Å². The number of rotatable bonds is 7. The van der Waals surface area contributed by atoms with Gasteiger partial charge in [-0.05, 0) is 24.1 Å². The van der Waals surface area contributed by atoms with Gasteiger partial charge in [-0.1, -0.05) is 12.1 Å². The zero-order chi connectivity index (χ0) is 14.3. The van der Waals surface area contributed by atoms with E-state index in [4.69, 9.17) is 14.2 Å². The van der Waals surface area contributed by atoms with Crippen LogP contribution in [0.5, 0.6) is 5.75 Å². The number of esters is 1. The minimum atomic E-state index is -0.496. The van der Waals surface area contributed by atoms with Gasteiger partial charge in [0.25, 0.3) is 0 Å². The number of ether oxygens (including phenoxy) is 3. The van der Waals surface area contributed by atoms with Crippen LogP contribution in [0.15, 0.2) is 18.2 Å². The summed E-state index contributed by atoms with van der Waals surface area (Å²) in [5.41, 5.74) is 1.82. The van der Waals surface area contributed by atoms with E-state index in [1.165, 1.54) is 7.11 Å². The number of nitrogens with one attached hydrogen (secondary N) is 1. The number of benzene rings is 1. The Kier molecular flexibility index (Phi) is 6.32. The number of carbonyl (C=O) groups is 1. The molecule has 5 heteroatoms. The fourth-order valence-corrected chi connectivity index (χ4v) is 1.84. The van der Waals surface area contributed by atoms with Crippen molar-refractivity contribution in [2.45, 2.75) is 13.0 Å². The normalized spacial score (nSPS) is 12.0. The topological polar surface area (TPSA) is 56.8 Å². The van der Waals surface area contributed by atoms with Crippen LogP contribution in [0.2, 0.25) is 0 Å². The molecular formula is C14H21NO4. The summed E-state index contributed by atoms with van der Waals surface area (Å²) in [7, 11) is 4.62. The van der Waals surface area contributed by atoms with Crippen LogP contribution in [0.3, 0.4) is 0 Å². The molecule has 1 unspecified atom stereocenters. The van der Waals surface area contributed by atoms with Gasteiger partial charge in [-0.15, -0.1) is 0 Å². The maximum atomic E-state index is 11.8. The first-order chi connectivity index (χ1) is 9.13. The molecule has 106 valence electrons. The highest BCUT2D eigenvalue weighted by Gasteiger charge is 2.21. The minimum absolute atomic E-state index is 0.319. The molecular weight excluding hydrogens is 246 g/mol. The van der Waals surface area contributed by atoms with Crippen molar-refractivity contribution >= 4 is 5.97 Å². The van der Waals surface area contributed by atoms with Crippen LogP contribution < -0.4 is 10.1 Å². The highest BCUT2D eigenvalue weighted by molar-refractivity contribution is 5.77. The van der Waals surface area contributed by atoms with Crippen molar-refractivity contribution in [1.82, 2.24) is 5.32 Å². The van der Waals surface area contributed by atoms with Gasteiger partial charge in [-0.2, -0.15) is 0 Å². The Labute approximate surface area is 113 Å². The van der Waals surface area contributed by atoms with Crippen molar-refractivity contribution in [2.24, 2.45) is 0 Å². The summed E-state index contributed by atoms with van der Waals surface area (Å²) in [4.78, 5) is 11.8. The van der Waals surface area contributed by atoms with Crippen molar-refractivity contribution in [3.8, 4) is 5.75 Å². The van der Waals surface area contributed by atoms with E-state index in [-0.39, 0.29) is 5.97 Å². The van der Waals surface area contributed by atoms with Crippen molar-refractivity contribution in [2.75, 3.05) is 34.5 Å². The van der Waals surface area contributed by atoms with Gasteiger partial charge in [0, 0.05) is 13.7 Å². The molecule has 1 N–H and O–H groups in total. The van der Waals surface area contributed by atoms with E-state index in [1.54, 1.807) is 14.2 Å². The van der Waals surface area contributed by atoms with Gasteiger partial charge in [-0.3, -0.25) is 5.32 Å². The summed E-state index contributed by atoms with van der Waals surface area (Å²) in [6.07, 6.45) is 0. The lowest BCUT2D eigenvalue weighted by molar-refractivity contribution is -0.143. The van der Waals surface area contributed by atoms with E-state index < -0.39 is 6.04 Å². The lowest BCUT2D eigenvalue weighted by Crippen LogP contribution is -2.32. The quantitative estimate of drug-likeness (QED) is 0.598. The molecule has 1 rings (SSSR count). The van der Waals surface area contributed by atoms with Gasteiger partial charge in [0.2, 0.25) is 0 Å². The van der Waals surface area contributed by atoms with Crippen molar-refractivity contribution in [3.05, 3.63) is 29.3 Å². The fourth-order valence-electron chi connectivity index (χ4n) is 1.84. The van der Waals surface area contributed by atoms with Gasteiger partial charge in [0.1, 0.15) is 11.8 Å². The summed E-state index contributed by atoms with van der Waals surface area (Å²) >= 11 is 0. The molecule has 0 saturated carbocycles. The Morgan fingerprint density at radius 3 is 2.58 bits per heavy atom. The molecule has 19 heavy (non-hydrogen) atoms. The average Bonchev–Trinajstić information content (AvgIpc) is 2.43. The summed E-state index contributed by atoms with van der Waals surface area (Å²) in [6.45, 7) is 3.04. The Morgan fingerprint density at radius 1 is 1.32 bits per heavy atom.